The van der Waals surface area contributed by atoms with E-state index in [0.717, 1.165) is 61.5 Å². The maximum Gasteiger partial charge on any atom is 0.416 e. The minimum atomic E-state index is -4.37. The van der Waals surface area contributed by atoms with Gasteiger partial charge in [0.15, 0.2) is 11.5 Å². The molecule has 2 heterocycles. The number of aromatic hydroxyl groups is 1. The van der Waals surface area contributed by atoms with Crippen LogP contribution < -0.4 is 4.74 Å². The van der Waals surface area contributed by atoms with Gasteiger partial charge in [-0.05, 0) is 55.7 Å². The first-order valence-electron chi connectivity index (χ1n) is 9.90. The summed E-state index contributed by atoms with van der Waals surface area (Å²) in [7, 11) is 1.53. The molecule has 4 rings (SSSR count). The second kappa shape index (κ2) is 7.83. The summed E-state index contributed by atoms with van der Waals surface area (Å²) in [6.45, 7) is 4.34. The number of rotatable bonds is 4. The Balaban J connectivity index is 1.47. The molecule has 1 N–H and O–H groups in total. The van der Waals surface area contributed by atoms with Gasteiger partial charge in [0.25, 0.3) is 0 Å². The summed E-state index contributed by atoms with van der Waals surface area (Å²) in [6.07, 6.45) is -2.58. The van der Waals surface area contributed by atoms with Crippen molar-refractivity contribution < 1.29 is 23.0 Å². The van der Waals surface area contributed by atoms with Crippen LogP contribution >= 0.6 is 0 Å². The molecular weight excluding hydrogens is 395 g/mol. The SMILES string of the molecule is COc1cc(CN2CCC(n3c(C)nc4cc(C(F)(F)F)ccc43)CC2)ccc1O. The predicted molar refractivity (Wildman–Crippen MR) is 108 cm³/mol. The van der Waals surface area contributed by atoms with E-state index in [0.29, 0.717) is 11.3 Å². The van der Waals surface area contributed by atoms with Gasteiger partial charge in [0.1, 0.15) is 5.82 Å². The third-order valence-corrected chi connectivity index (χ3v) is 5.77. The van der Waals surface area contributed by atoms with Crippen LogP contribution in [0.15, 0.2) is 36.4 Å². The summed E-state index contributed by atoms with van der Waals surface area (Å²) in [6, 6.07) is 9.37. The fourth-order valence-electron chi connectivity index (χ4n) is 4.27. The normalized spacial score (nSPS) is 16.3. The van der Waals surface area contributed by atoms with Crippen LogP contribution in [-0.4, -0.2) is 39.8 Å². The number of hydrogen-bond donors (Lipinski definition) is 1. The van der Waals surface area contributed by atoms with Crippen LogP contribution in [0.2, 0.25) is 0 Å². The number of methoxy groups -OCH3 is 1. The summed E-state index contributed by atoms with van der Waals surface area (Å²) in [5, 5.41) is 9.75. The van der Waals surface area contributed by atoms with Crippen molar-refractivity contribution in [3.63, 3.8) is 0 Å². The minimum Gasteiger partial charge on any atom is -0.504 e. The van der Waals surface area contributed by atoms with Crippen LogP contribution in [0.3, 0.4) is 0 Å². The molecule has 1 saturated heterocycles. The van der Waals surface area contributed by atoms with Crippen molar-refractivity contribution in [1.29, 1.82) is 0 Å². The molecule has 2 aromatic carbocycles. The third-order valence-electron chi connectivity index (χ3n) is 5.77. The number of fused-ring (bicyclic) bond motifs is 1. The van der Waals surface area contributed by atoms with Gasteiger partial charge in [0.2, 0.25) is 0 Å². The molecule has 0 saturated carbocycles. The molecular formula is C22H24F3N3O2. The highest BCUT2D eigenvalue weighted by atomic mass is 19.4. The highest BCUT2D eigenvalue weighted by molar-refractivity contribution is 5.77. The molecule has 0 bridgehead atoms. The number of benzene rings is 2. The van der Waals surface area contributed by atoms with E-state index >= 15 is 0 Å². The quantitative estimate of drug-likeness (QED) is 0.653. The summed E-state index contributed by atoms with van der Waals surface area (Å²) >= 11 is 0. The monoisotopic (exact) mass is 419 g/mol. The van der Waals surface area contributed by atoms with E-state index in [1.807, 2.05) is 19.1 Å². The Hall–Kier alpha value is -2.74. The van der Waals surface area contributed by atoms with Crippen molar-refractivity contribution >= 4 is 11.0 Å². The summed E-state index contributed by atoms with van der Waals surface area (Å²) in [4.78, 5) is 6.72. The molecule has 1 aromatic heterocycles. The molecule has 3 aromatic rings. The molecule has 1 aliphatic rings. The number of phenolic OH excluding ortho intramolecular Hbond substituents is 1. The number of aromatic nitrogens is 2. The molecule has 0 spiro atoms. The Morgan fingerprint density at radius 1 is 1.13 bits per heavy atom. The highest BCUT2D eigenvalue weighted by Crippen LogP contribution is 2.34. The van der Waals surface area contributed by atoms with Crippen LogP contribution in [-0.2, 0) is 12.7 Å². The Labute approximate surface area is 172 Å². The third kappa shape index (κ3) is 3.96. The zero-order valence-electron chi connectivity index (χ0n) is 16.9. The fourth-order valence-corrected chi connectivity index (χ4v) is 4.27. The van der Waals surface area contributed by atoms with Gasteiger partial charge in [0, 0.05) is 25.7 Å². The van der Waals surface area contributed by atoms with Crippen molar-refractivity contribution in [1.82, 2.24) is 14.5 Å². The van der Waals surface area contributed by atoms with E-state index in [2.05, 4.69) is 14.5 Å². The number of hydrogen-bond acceptors (Lipinski definition) is 4. The first-order chi connectivity index (χ1) is 14.3. The summed E-state index contributed by atoms with van der Waals surface area (Å²) in [5.74, 6) is 1.32. The zero-order valence-corrected chi connectivity index (χ0v) is 16.9. The lowest BCUT2D eigenvalue weighted by Gasteiger charge is -2.33. The second-order valence-electron chi connectivity index (χ2n) is 7.74. The minimum absolute atomic E-state index is 0.121. The van der Waals surface area contributed by atoms with Crippen molar-refractivity contribution in [3.8, 4) is 11.5 Å². The van der Waals surface area contributed by atoms with Gasteiger partial charge in [-0.2, -0.15) is 13.2 Å². The molecule has 1 aliphatic heterocycles. The Kier molecular flexibility index (Phi) is 5.36. The van der Waals surface area contributed by atoms with Gasteiger partial charge in [-0.15, -0.1) is 0 Å². The van der Waals surface area contributed by atoms with Gasteiger partial charge in [-0.1, -0.05) is 6.07 Å². The number of imidazole rings is 1. The molecule has 8 heteroatoms. The Bertz CT molecular complexity index is 1050. The largest absolute Gasteiger partial charge is 0.504 e. The van der Waals surface area contributed by atoms with Crippen molar-refractivity contribution in [2.75, 3.05) is 20.2 Å². The molecule has 30 heavy (non-hydrogen) atoms. The first kappa shape index (κ1) is 20.5. The smallest absolute Gasteiger partial charge is 0.416 e. The topological polar surface area (TPSA) is 50.5 Å². The predicted octanol–water partition coefficient (Wildman–Crippen LogP) is 4.91. The van der Waals surface area contributed by atoms with Crippen LogP contribution in [0.4, 0.5) is 13.2 Å². The van der Waals surface area contributed by atoms with E-state index in [4.69, 9.17) is 4.74 Å². The average molecular weight is 419 g/mol. The van der Waals surface area contributed by atoms with Gasteiger partial charge in [0.05, 0.1) is 23.7 Å². The van der Waals surface area contributed by atoms with Crippen molar-refractivity contribution in [3.05, 3.63) is 53.3 Å². The number of likely N-dealkylation sites (tertiary alicyclic amines) is 1. The highest BCUT2D eigenvalue weighted by Gasteiger charge is 2.31. The van der Waals surface area contributed by atoms with Crippen molar-refractivity contribution in [2.24, 2.45) is 0 Å². The number of piperidine rings is 1. The Morgan fingerprint density at radius 3 is 2.53 bits per heavy atom. The van der Waals surface area contributed by atoms with Crippen LogP contribution in [0.5, 0.6) is 11.5 Å². The molecule has 0 atom stereocenters. The number of aryl methyl sites for hydroxylation is 1. The van der Waals surface area contributed by atoms with E-state index in [1.54, 1.807) is 6.07 Å². The van der Waals surface area contributed by atoms with E-state index in [-0.39, 0.29) is 11.8 Å². The number of phenols is 1. The lowest BCUT2D eigenvalue weighted by Crippen LogP contribution is -2.34. The number of nitrogens with zero attached hydrogens (tertiary/aromatic N) is 3. The molecule has 1 fully saturated rings. The van der Waals surface area contributed by atoms with Gasteiger partial charge in [-0.25, -0.2) is 4.98 Å². The number of alkyl halides is 3. The first-order valence-corrected chi connectivity index (χ1v) is 9.90. The van der Waals surface area contributed by atoms with Crippen LogP contribution in [0.1, 0.15) is 35.8 Å². The molecule has 0 amide bonds. The molecule has 0 radical (unpaired) electrons. The average Bonchev–Trinajstić information content (AvgIpc) is 3.04. The standard InChI is InChI=1S/C22H24F3N3O2/c1-14-26-18-12-16(22(23,24)25)4-5-19(18)28(14)17-7-9-27(10-8-17)13-15-3-6-20(29)21(11-15)30-2/h3-6,11-12,17,29H,7-10,13H2,1-2H3. The molecule has 0 unspecified atom stereocenters. The maximum absolute atomic E-state index is 13.0. The zero-order chi connectivity index (χ0) is 21.5. The number of ether oxygens (including phenoxy) is 1. The lowest BCUT2D eigenvalue weighted by molar-refractivity contribution is -0.137. The lowest BCUT2D eigenvalue weighted by atomic mass is 10.0. The summed E-state index contributed by atoms with van der Waals surface area (Å²) < 4.78 is 46.3. The van der Waals surface area contributed by atoms with Crippen molar-refractivity contribution in [2.45, 2.75) is 38.5 Å². The maximum atomic E-state index is 13.0. The number of halogens is 3. The molecule has 160 valence electrons. The van der Waals surface area contributed by atoms with Gasteiger partial charge in [-0.3, -0.25) is 4.90 Å². The van der Waals surface area contributed by atoms with Crippen LogP contribution in [0, 0.1) is 6.92 Å². The van der Waals surface area contributed by atoms with Crippen LogP contribution in [0.25, 0.3) is 11.0 Å². The Morgan fingerprint density at radius 2 is 1.87 bits per heavy atom. The van der Waals surface area contributed by atoms with E-state index in [1.165, 1.54) is 13.2 Å². The second-order valence-corrected chi connectivity index (χ2v) is 7.74. The summed E-state index contributed by atoms with van der Waals surface area (Å²) in [5.41, 5.74) is 1.54. The van der Waals surface area contributed by atoms with Gasteiger partial charge >= 0.3 is 6.18 Å². The fraction of sp³-hybridized carbons (Fsp3) is 0.409. The molecule has 5 nitrogen and oxygen atoms in total. The van der Waals surface area contributed by atoms with E-state index < -0.39 is 11.7 Å². The molecule has 0 aliphatic carbocycles. The van der Waals surface area contributed by atoms with E-state index in [9.17, 15) is 18.3 Å². The van der Waals surface area contributed by atoms with Gasteiger partial charge < -0.3 is 14.4 Å².